The molecule has 0 N–H and O–H groups in total. The van der Waals surface area contributed by atoms with Crippen LogP contribution < -0.4 is 9.47 Å². The van der Waals surface area contributed by atoms with Crippen LogP contribution in [0.25, 0.3) is 0 Å². The molecule has 0 aromatic heterocycles. The molecule has 0 saturated carbocycles. The summed E-state index contributed by atoms with van der Waals surface area (Å²) in [5, 5.41) is 0.580. The molecule has 1 aliphatic heterocycles. The molecule has 7 nitrogen and oxygen atoms in total. The molecule has 9 heteroatoms. The summed E-state index contributed by atoms with van der Waals surface area (Å²) in [7, 11) is 5.47. The standard InChI is InChI=1S/C46H59NO6S2/c1-47-25-24-46-31-40(48)42(51-3)30-38(46)39(47)29-36-21-22-41(50-2)45(44(36)46)53-27-14-6-13-26-52-43(49)20-12-11-19-37(55-33-35-17-9-5-10-18-35)23-28-54-32-34-15-7-4-8-16-34/h4-5,7-10,15-18,21-22,30,37-39H,6,11-14,19-20,23-29,31-33H2,1-3H3/t37?,38?,39-,46+/m0/s1. The molecule has 2 aliphatic carbocycles. The Morgan fingerprint density at radius 1 is 0.873 bits per heavy atom. The summed E-state index contributed by atoms with van der Waals surface area (Å²) in [4.78, 5) is 28.3. The van der Waals surface area contributed by atoms with E-state index in [9.17, 15) is 9.59 Å². The van der Waals surface area contributed by atoms with Gasteiger partial charge in [-0.15, -0.1) is 0 Å². The van der Waals surface area contributed by atoms with Gasteiger partial charge in [0, 0.05) is 52.5 Å². The minimum atomic E-state index is -0.328. The number of allylic oxidation sites excluding steroid dienone is 1. The summed E-state index contributed by atoms with van der Waals surface area (Å²) < 4.78 is 23.6. The van der Waals surface area contributed by atoms with Gasteiger partial charge in [0.15, 0.2) is 23.0 Å². The predicted molar refractivity (Wildman–Crippen MR) is 225 cm³/mol. The number of esters is 1. The highest BCUT2D eigenvalue weighted by molar-refractivity contribution is 7.99. The molecule has 1 saturated heterocycles. The Balaban J connectivity index is 0.913. The van der Waals surface area contributed by atoms with Gasteiger partial charge in [0.25, 0.3) is 0 Å². The van der Waals surface area contributed by atoms with Crippen LogP contribution in [-0.4, -0.2) is 74.7 Å². The van der Waals surface area contributed by atoms with E-state index in [1.807, 2.05) is 17.8 Å². The maximum Gasteiger partial charge on any atom is 0.305 e. The highest BCUT2D eigenvalue weighted by Crippen LogP contribution is 2.58. The highest BCUT2D eigenvalue weighted by Gasteiger charge is 2.56. The Morgan fingerprint density at radius 2 is 1.62 bits per heavy atom. The zero-order valence-electron chi connectivity index (χ0n) is 33.0. The van der Waals surface area contributed by atoms with E-state index in [0.717, 1.165) is 92.2 Å². The van der Waals surface area contributed by atoms with Gasteiger partial charge >= 0.3 is 5.97 Å². The van der Waals surface area contributed by atoms with Crippen molar-refractivity contribution >= 4 is 35.3 Å². The van der Waals surface area contributed by atoms with Gasteiger partial charge in [-0.1, -0.05) is 73.2 Å². The van der Waals surface area contributed by atoms with E-state index >= 15 is 0 Å². The lowest BCUT2D eigenvalue weighted by Crippen LogP contribution is -2.60. The normalized spacial score (nSPS) is 20.9. The molecule has 2 bridgehead atoms. The number of methoxy groups -OCH3 is 2. The Morgan fingerprint density at radius 3 is 2.36 bits per heavy atom. The van der Waals surface area contributed by atoms with Crippen LogP contribution >= 0.6 is 23.5 Å². The van der Waals surface area contributed by atoms with Gasteiger partial charge in [0.2, 0.25) is 0 Å². The van der Waals surface area contributed by atoms with Crippen LogP contribution in [0.4, 0.5) is 0 Å². The number of carbonyl (C=O) groups excluding carboxylic acids is 2. The van der Waals surface area contributed by atoms with E-state index < -0.39 is 0 Å². The molecule has 1 heterocycles. The fourth-order valence-corrected chi connectivity index (χ4v) is 11.1. The van der Waals surface area contributed by atoms with Crippen molar-refractivity contribution in [1.29, 1.82) is 0 Å². The second-order valence-electron chi connectivity index (χ2n) is 15.3. The second kappa shape index (κ2) is 20.7. The number of ketones is 1. The summed E-state index contributed by atoms with van der Waals surface area (Å²) in [5.41, 5.74) is 4.82. The summed E-state index contributed by atoms with van der Waals surface area (Å²) in [6, 6.07) is 25.9. The van der Waals surface area contributed by atoms with Gasteiger partial charge in [-0.25, -0.2) is 0 Å². The molecule has 3 aliphatic rings. The van der Waals surface area contributed by atoms with E-state index in [1.165, 1.54) is 23.1 Å². The van der Waals surface area contributed by atoms with Gasteiger partial charge in [0.1, 0.15) is 0 Å². The van der Waals surface area contributed by atoms with Gasteiger partial charge in [-0.2, -0.15) is 23.5 Å². The molecular weight excluding hydrogens is 727 g/mol. The smallest absolute Gasteiger partial charge is 0.305 e. The number of thioether (sulfide) groups is 2. The molecule has 296 valence electrons. The third-order valence-corrected chi connectivity index (χ3v) is 14.2. The molecule has 0 spiro atoms. The molecule has 6 rings (SSSR count). The largest absolute Gasteiger partial charge is 0.493 e. The van der Waals surface area contributed by atoms with Crippen molar-refractivity contribution in [2.75, 3.05) is 46.8 Å². The van der Waals surface area contributed by atoms with Crippen molar-refractivity contribution in [2.45, 2.75) is 98.8 Å². The fraction of sp³-hybridized carbons (Fsp3) is 0.522. The average Bonchev–Trinajstić information content (AvgIpc) is 3.21. The number of unbranched alkanes of at least 4 members (excludes halogenated alkanes) is 3. The van der Waals surface area contributed by atoms with Crippen molar-refractivity contribution in [3.05, 3.63) is 107 Å². The van der Waals surface area contributed by atoms with Crippen LogP contribution in [-0.2, 0) is 42.4 Å². The number of fused-ring (bicyclic) bond motifs is 1. The molecule has 0 radical (unpaired) electrons. The topological polar surface area (TPSA) is 74.3 Å². The summed E-state index contributed by atoms with van der Waals surface area (Å²) in [6.07, 6.45) is 11.5. The first-order chi connectivity index (χ1) is 26.9. The van der Waals surface area contributed by atoms with E-state index in [0.29, 0.717) is 43.1 Å². The van der Waals surface area contributed by atoms with Crippen molar-refractivity contribution in [3.63, 3.8) is 0 Å². The molecule has 4 atom stereocenters. The van der Waals surface area contributed by atoms with E-state index in [2.05, 4.69) is 96.5 Å². The first-order valence-corrected chi connectivity index (χ1v) is 22.4. The number of piperidine rings is 1. The Bertz CT molecular complexity index is 1720. The van der Waals surface area contributed by atoms with E-state index in [1.54, 1.807) is 14.2 Å². The predicted octanol–water partition coefficient (Wildman–Crippen LogP) is 9.59. The first-order valence-electron chi connectivity index (χ1n) is 20.2. The summed E-state index contributed by atoms with van der Waals surface area (Å²) in [6.45, 7) is 1.90. The number of rotatable bonds is 22. The summed E-state index contributed by atoms with van der Waals surface area (Å²) in [5.74, 6) is 5.34. The zero-order valence-corrected chi connectivity index (χ0v) is 34.6. The van der Waals surface area contributed by atoms with Crippen LogP contribution in [0.2, 0.25) is 0 Å². The third kappa shape index (κ3) is 10.7. The molecular formula is C46H59NO6S2. The maximum atomic E-state index is 13.3. The number of Topliss-reactive ketones (excluding diaryl/α,β-unsaturated/α-hetero) is 1. The molecule has 0 amide bonds. The first kappa shape index (κ1) is 41.2. The third-order valence-electron chi connectivity index (χ3n) is 11.7. The lowest BCUT2D eigenvalue weighted by molar-refractivity contribution is -0.143. The number of likely N-dealkylation sites (N-methyl/N-ethyl adjacent to an activating group) is 1. The zero-order chi connectivity index (χ0) is 38.5. The second-order valence-corrected chi connectivity index (χ2v) is 17.7. The van der Waals surface area contributed by atoms with Gasteiger partial charge in [0.05, 0.1) is 27.4 Å². The van der Waals surface area contributed by atoms with Crippen molar-refractivity contribution in [3.8, 4) is 11.5 Å². The maximum absolute atomic E-state index is 13.3. The lowest BCUT2D eigenvalue weighted by atomic mass is 9.53. The fourth-order valence-electron chi connectivity index (χ4n) is 8.68. The number of nitrogens with zero attached hydrogens (tertiary/aromatic N) is 1. The van der Waals surface area contributed by atoms with Crippen LogP contribution in [0.15, 0.2) is 84.6 Å². The molecule has 1 fully saturated rings. The van der Waals surface area contributed by atoms with E-state index in [-0.39, 0.29) is 23.1 Å². The van der Waals surface area contributed by atoms with Gasteiger partial charge in [-0.05, 0) is 99.5 Å². The van der Waals surface area contributed by atoms with E-state index in [4.69, 9.17) is 18.9 Å². The number of hydrogen-bond acceptors (Lipinski definition) is 9. The Kier molecular flexibility index (Phi) is 15.5. The molecule has 2 unspecified atom stereocenters. The number of hydrogen-bond donors (Lipinski definition) is 0. The number of benzene rings is 3. The van der Waals surface area contributed by atoms with Crippen LogP contribution in [0.3, 0.4) is 0 Å². The van der Waals surface area contributed by atoms with Crippen molar-refractivity contribution in [1.82, 2.24) is 4.90 Å². The van der Waals surface area contributed by atoms with Crippen LogP contribution in [0.5, 0.6) is 11.5 Å². The van der Waals surface area contributed by atoms with Crippen LogP contribution in [0, 0.1) is 5.92 Å². The number of carbonyl (C=O) groups is 2. The van der Waals surface area contributed by atoms with Gasteiger partial charge in [-0.3, -0.25) is 9.59 Å². The number of likely N-dealkylation sites (tertiary alicyclic amines) is 1. The minimum absolute atomic E-state index is 0.0598. The SMILES string of the molecule is COC1=CC2[C@@H]3Cc4ccc(OC)c(OCCCCCOC(=O)CCCCC(CCSCc5ccccc5)SCc5ccccc5)c4[C@]2(CCN3C)CC1=O. The van der Waals surface area contributed by atoms with Crippen molar-refractivity contribution in [2.24, 2.45) is 5.92 Å². The monoisotopic (exact) mass is 785 g/mol. The van der Waals surface area contributed by atoms with Crippen LogP contribution in [0.1, 0.15) is 86.5 Å². The van der Waals surface area contributed by atoms with Crippen molar-refractivity contribution < 1.29 is 28.5 Å². The quantitative estimate of drug-likeness (QED) is 0.0732. The molecule has 3 aromatic carbocycles. The number of ether oxygens (including phenoxy) is 4. The summed E-state index contributed by atoms with van der Waals surface area (Å²) >= 11 is 4.06. The van der Waals surface area contributed by atoms with Gasteiger partial charge < -0.3 is 23.8 Å². The molecule has 55 heavy (non-hydrogen) atoms. The molecule has 3 aromatic rings. The minimum Gasteiger partial charge on any atom is -0.493 e. The Hall–Kier alpha value is -3.40. The Labute approximate surface area is 337 Å². The lowest BCUT2D eigenvalue weighted by Gasteiger charge is -2.56. The highest BCUT2D eigenvalue weighted by atomic mass is 32.2. The average molecular weight is 786 g/mol.